The predicted molar refractivity (Wildman–Crippen MR) is 99.3 cm³/mol. The third-order valence-electron chi connectivity index (χ3n) is 5.75. The van der Waals surface area contributed by atoms with Crippen molar-refractivity contribution in [2.75, 3.05) is 26.2 Å². The van der Waals surface area contributed by atoms with Gasteiger partial charge in [0, 0.05) is 13.1 Å². The summed E-state index contributed by atoms with van der Waals surface area (Å²) >= 11 is 0. The van der Waals surface area contributed by atoms with Crippen LogP contribution in [0.15, 0.2) is 30.3 Å². The minimum absolute atomic E-state index is 0.0400. The second kappa shape index (κ2) is 8.68. The number of carbonyl (C=O) groups is 1. The van der Waals surface area contributed by atoms with Gasteiger partial charge in [-0.2, -0.15) is 0 Å². The highest BCUT2D eigenvalue weighted by atomic mass is 16.3. The van der Waals surface area contributed by atoms with Crippen LogP contribution in [0.4, 0.5) is 4.79 Å². The lowest BCUT2D eigenvalue weighted by Gasteiger charge is -2.33. The molecule has 1 aromatic carbocycles. The molecule has 5 nitrogen and oxygen atoms in total. The number of benzene rings is 1. The molecule has 1 aliphatic carbocycles. The van der Waals surface area contributed by atoms with Gasteiger partial charge in [0.1, 0.15) is 0 Å². The van der Waals surface area contributed by atoms with E-state index in [0.29, 0.717) is 5.92 Å². The molecule has 3 N–H and O–H groups in total. The van der Waals surface area contributed by atoms with E-state index < -0.39 is 0 Å². The molecule has 0 radical (unpaired) electrons. The molecule has 0 atom stereocenters. The Morgan fingerprint density at radius 2 is 1.84 bits per heavy atom. The van der Waals surface area contributed by atoms with E-state index in [4.69, 9.17) is 0 Å². The third-order valence-corrected chi connectivity index (χ3v) is 5.75. The number of rotatable bonds is 6. The van der Waals surface area contributed by atoms with Crippen LogP contribution >= 0.6 is 0 Å². The van der Waals surface area contributed by atoms with Crippen LogP contribution in [-0.4, -0.2) is 47.8 Å². The van der Waals surface area contributed by atoms with E-state index >= 15 is 0 Å². The zero-order valence-corrected chi connectivity index (χ0v) is 15.0. The highest BCUT2D eigenvalue weighted by molar-refractivity contribution is 5.74. The standard InChI is InChI=1S/C20H31N3O2/c24-16-20(10-4-5-11-20)22-19(25)21-14-17-8-12-23(13-9-17)15-18-6-2-1-3-7-18/h1-3,6-7,17,24H,4-5,8-16H2,(H2,21,22,25). The van der Waals surface area contributed by atoms with Gasteiger partial charge >= 0.3 is 6.03 Å². The molecule has 0 aromatic heterocycles. The quantitative estimate of drug-likeness (QED) is 0.742. The Balaban J connectivity index is 1.35. The van der Waals surface area contributed by atoms with Crippen LogP contribution in [0.2, 0.25) is 0 Å². The fourth-order valence-electron chi connectivity index (χ4n) is 4.09. The van der Waals surface area contributed by atoms with Crippen molar-refractivity contribution in [2.45, 2.75) is 50.6 Å². The molecular formula is C20H31N3O2. The molecule has 2 amide bonds. The number of nitrogens with one attached hydrogen (secondary N) is 2. The average Bonchev–Trinajstić information content (AvgIpc) is 3.11. The molecule has 0 bridgehead atoms. The number of urea groups is 1. The van der Waals surface area contributed by atoms with Crippen molar-refractivity contribution in [3.8, 4) is 0 Å². The zero-order valence-electron chi connectivity index (χ0n) is 15.0. The van der Waals surface area contributed by atoms with Crippen molar-refractivity contribution in [3.05, 3.63) is 35.9 Å². The molecular weight excluding hydrogens is 314 g/mol. The topological polar surface area (TPSA) is 64.6 Å². The molecule has 1 aromatic rings. The number of amides is 2. The van der Waals surface area contributed by atoms with Gasteiger partial charge < -0.3 is 15.7 Å². The van der Waals surface area contributed by atoms with Crippen molar-refractivity contribution in [1.82, 2.24) is 15.5 Å². The minimum Gasteiger partial charge on any atom is -0.394 e. The van der Waals surface area contributed by atoms with Gasteiger partial charge in [0.15, 0.2) is 0 Å². The Labute approximate surface area is 150 Å². The fourth-order valence-corrected chi connectivity index (χ4v) is 4.09. The first-order chi connectivity index (χ1) is 12.2. The molecule has 0 unspecified atom stereocenters. The maximum atomic E-state index is 12.2. The number of likely N-dealkylation sites (tertiary alicyclic amines) is 1. The first-order valence-corrected chi connectivity index (χ1v) is 9.62. The number of nitrogens with zero attached hydrogens (tertiary/aromatic N) is 1. The number of aliphatic hydroxyl groups excluding tert-OH is 1. The first kappa shape index (κ1) is 18.2. The Bertz CT molecular complexity index is 535. The highest BCUT2D eigenvalue weighted by Crippen LogP contribution is 2.29. The molecule has 2 fully saturated rings. The lowest BCUT2D eigenvalue weighted by molar-refractivity contribution is 0.157. The van der Waals surface area contributed by atoms with E-state index in [1.807, 2.05) is 0 Å². The van der Waals surface area contributed by atoms with Crippen LogP contribution in [-0.2, 0) is 6.54 Å². The highest BCUT2D eigenvalue weighted by Gasteiger charge is 2.34. The van der Waals surface area contributed by atoms with Gasteiger partial charge in [-0.25, -0.2) is 4.79 Å². The second-order valence-corrected chi connectivity index (χ2v) is 7.69. The lowest BCUT2D eigenvalue weighted by Crippen LogP contribution is -2.53. The summed E-state index contributed by atoms with van der Waals surface area (Å²) in [4.78, 5) is 14.7. The van der Waals surface area contributed by atoms with Crippen molar-refractivity contribution in [1.29, 1.82) is 0 Å². The van der Waals surface area contributed by atoms with Crippen LogP contribution in [0.25, 0.3) is 0 Å². The molecule has 1 heterocycles. The van der Waals surface area contributed by atoms with Gasteiger partial charge in [-0.3, -0.25) is 4.90 Å². The van der Waals surface area contributed by atoms with E-state index in [-0.39, 0.29) is 18.2 Å². The van der Waals surface area contributed by atoms with Crippen molar-refractivity contribution in [2.24, 2.45) is 5.92 Å². The van der Waals surface area contributed by atoms with Crippen LogP contribution in [0.5, 0.6) is 0 Å². The smallest absolute Gasteiger partial charge is 0.315 e. The van der Waals surface area contributed by atoms with Crippen molar-refractivity contribution < 1.29 is 9.90 Å². The van der Waals surface area contributed by atoms with E-state index in [1.165, 1.54) is 5.56 Å². The molecule has 1 saturated carbocycles. The predicted octanol–water partition coefficient (Wildman–Crippen LogP) is 2.50. The molecule has 5 heteroatoms. The monoisotopic (exact) mass is 345 g/mol. The van der Waals surface area contributed by atoms with E-state index in [0.717, 1.165) is 64.7 Å². The number of hydrogen-bond donors (Lipinski definition) is 3. The number of carbonyl (C=O) groups excluding carboxylic acids is 1. The molecule has 138 valence electrons. The fraction of sp³-hybridized carbons (Fsp3) is 0.650. The Hall–Kier alpha value is -1.59. The van der Waals surface area contributed by atoms with Crippen molar-refractivity contribution >= 4 is 6.03 Å². The van der Waals surface area contributed by atoms with Crippen LogP contribution in [0.3, 0.4) is 0 Å². The second-order valence-electron chi connectivity index (χ2n) is 7.69. The van der Waals surface area contributed by atoms with Gasteiger partial charge in [0.2, 0.25) is 0 Å². The van der Waals surface area contributed by atoms with Crippen LogP contribution in [0.1, 0.15) is 44.1 Å². The summed E-state index contributed by atoms with van der Waals surface area (Å²) in [6, 6.07) is 10.5. The molecule has 3 rings (SSSR count). The Kier molecular flexibility index (Phi) is 6.32. The van der Waals surface area contributed by atoms with Gasteiger partial charge in [-0.05, 0) is 50.3 Å². The number of hydrogen-bond acceptors (Lipinski definition) is 3. The van der Waals surface area contributed by atoms with Gasteiger partial charge in [0.25, 0.3) is 0 Å². The van der Waals surface area contributed by atoms with E-state index in [1.54, 1.807) is 0 Å². The van der Waals surface area contributed by atoms with Crippen molar-refractivity contribution in [3.63, 3.8) is 0 Å². The van der Waals surface area contributed by atoms with E-state index in [2.05, 4.69) is 45.9 Å². The largest absolute Gasteiger partial charge is 0.394 e. The summed E-state index contributed by atoms with van der Waals surface area (Å²) in [6.07, 6.45) is 6.18. The van der Waals surface area contributed by atoms with Crippen LogP contribution < -0.4 is 10.6 Å². The summed E-state index contributed by atoms with van der Waals surface area (Å²) in [6.45, 7) is 3.96. The number of piperidine rings is 1. The normalized spacial score (nSPS) is 21.2. The molecule has 1 saturated heterocycles. The number of aliphatic hydroxyl groups is 1. The summed E-state index contributed by atoms with van der Waals surface area (Å²) in [5.41, 5.74) is 0.979. The Morgan fingerprint density at radius 1 is 1.16 bits per heavy atom. The summed E-state index contributed by atoms with van der Waals surface area (Å²) in [7, 11) is 0. The third kappa shape index (κ3) is 5.19. The van der Waals surface area contributed by atoms with Gasteiger partial charge in [0.05, 0.1) is 12.1 Å². The van der Waals surface area contributed by atoms with Gasteiger partial charge in [-0.15, -0.1) is 0 Å². The van der Waals surface area contributed by atoms with Gasteiger partial charge in [-0.1, -0.05) is 43.2 Å². The average molecular weight is 345 g/mol. The summed E-state index contributed by atoms with van der Waals surface area (Å²) in [5, 5.41) is 15.6. The summed E-state index contributed by atoms with van der Waals surface area (Å²) in [5.74, 6) is 0.548. The molecule has 2 aliphatic rings. The maximum absolute atomic E-state index is 12.2. The lowest BCUT2D eigenvalue weighted by atomic mass is 9.96. The van der Waals surface area contributed by atoms with E-state index in [9.17, 15) is 9.90 Å². The Morgan fingerprint density at radius 3 is 2.48 bits per heavy atom. The van der Waals surface area contributed by atoms with Crippen LogP contribution in [0, 0.1) is 5.92 Å². The SMILES string of the molecule is O=C(NCC1CCN(Cc2ccccc2)CC1)NC1(CO)CCCC1. The molecule has 0 spiro atoms. The maximum Gasteiger partial charge on any atom is 0.315 e. The molecule has 25 heavy (non-hydrogen) atoms. The minimum atomic E-state index is -0.386. The molecule has 1 aliphatic heterocycles. The zero-order chi connectivity index (χ0) is 17.5. The first-order valence-electron chi connectivity index (χ1n) is 9.62. The summed E-state index contributed by atoms with van der Waals surface area (Å²) < 4.78 is 0.